The van der Waals surface area contributed by atoms with Gasteiger partial charge < -0.3 is 9.88 Å². The molecule has 1 N–H and O–H groups in total. The van der Waals surface area contributed by atoms with Crippen molar-refractivity contribution in [2.24, 2.45) is 0 Å². The normalized spacial score (nSPS) is 15.8. The van der Waals surface area contributed by atoms with Crippen molar-refractivity contribution in [3.8, 4) is 0 Å². The lowest BCUT2D eigenvalue weighted by atomic mass is 10.2. The molecule has 84 valence electrons. The lowest BCUT2D eigenvalue weighted by Crippen LogP contribution is -2.21. The predicted molar refractivity (Wildman–Crippen MR) is 67.7 cm³/mol. The summed E-state index contributed by atoms with van der Waals surface area (Å²) in [6, 6.07) is 9.45. The number of aromatic nitrogens is 1. The highest BCUT2D eigenvalue weighted by Gasteiger charge is 2.19. The van der Waals surface area contributed by atoms with Crippen LogP contribution in [0.4, 0.5) is 0 Å². The third-order valence-corrected chi connectivity index (χ3v) is 3.35. The van der Waals surface area contributed by atoms with E-state index in [2.05, 4.69) is 47.3 Å². The minimum atomic E-state index is 0.808. The van der Waals surface area contributed by atoms with Gasteiger partial charge in [-0.05, 0) is 31.4 Å². The number of benzene rings is 1. The summed E-state index contributed by atoms with van der Waals surface area (Å²) in [5.74, 6) is 0. The molecular formula is C14H18N2. The Labute approximate surface area is 96.3 Å². The standard InChI is InChI=1S/C14H18N2/c1-11-10-16(9-8-15-12-6-7-12)14-5-3-2-4-13(11)14/h2-5,10,12,15H,6-9H2,1H3. The van der Waals surface area contributed by atoms with Crippen LogP contribution < -0.4 is 5.32 Å². The van der Waals surface area contributed by atoms with Gasteiger partial charge in [0, 0.05) is 36.2 Å². The Hall–Kier alpha value is -1.28. The van der Waals surface area contributed by atoms with Gasteiger partial charge in [0.1, 0.15) is 0 Å². The maximum Gasteiger partial charge on any atom is 0.0483 e. The van der Waals surface area contributed by atoms with E-state index in [1.807, 2.05) is 0 Å². The molecule has 1 saturated carbocycles. The summed E-state index contributed by atoms with van der Waals surface area (Å²) in [6.07, 6.45) is 5.00. The van der Waals surface area contributed by atoms with Gasteiger partial charge in [-0.15, -0.1) is 0 Å². The van der Waals surface area contributed by atoms with Gasteiger partial charge in [-0.3, -0.25) is 0 Å². The van der Waals surface area contributed by atoms with E-state index in [0.29, 0.717) is 0 Å². The molecule has 3 rings (SSSR count). The number of aryl methyl sites for hydroxylation is 1. The number of nitrogens with one attached hydrogen (secondary N) is 1. The van der Waals surface area contributed by atoms with Gasteiger partial charge in [-0.25, -0.2) is 0 Å². The molecule has 0 unspecified atom stereocenters. The van der Waals surface area contributed by atoms with Gasteiger partial charge in [-0.1, -0.05) is 18.2 Å². The summed E-state index contributed by atoms with van der Waals surface area (Å²) in [7, 11) is 0. The van der Waals surface area contributed by atoms with Crippen molar-refractivity contribution in [1.82, 2.24) is 9.88 Å². The molecule has 2 heteroatoms. The number of para-hydroxylation sites is 1. The molecule has 0 saturated heterocycles. The predicted octanol–water partition coefficient (Wildman–Crippen LogP) is 2.70. The van der Waals surface area contributed by atoms with Crippen LogP contribution in [-0.4, -0.2) is 17.2 Å². The van der Waals surface area contributed by atoms with Crippen molar-refractivity contribution >= 4 is 10.9 Å². The fourth-order valence-corrected chi connectivity index (χ4v) is 2.29. The molecule has 2 nitrogen and oxygen atoms in total. The Balaban J connectivity index is 1.79. The number of rotatable bonds is 4. The van der Waals surface area contributed by atoms with Crippen molar-refractivity contribution < 1.29 is 0 Å². The zero-order chi connectivity index (χ0) is 11.0. The van der Waals surface area contributed by atoms with Crippen molar-refractivity contribution in [2.75, 3.05) is 6.54 Å². The van der Waals surface area contributed by atoms with Gasteiger partial charge in [0.15, 0.2) is 0 Å². The summed E-state index contributed by atoms with van der Waals surface area (Å²) in [6.45, 7) is 4.35. The molecule has 1 aromatic carbocycles. The van der Waals surface area contributed by atoms with E-state index in [-0.39, 0.29) is 0 Å². The first-order chi connectivity index (χ1) is 7.84. The van der Waals surface area contributed by atoms with Gasteiger partial charge in [0.25, 0.3) is 0 Å². The lowest BCUT2D eigenvalue weighted by Gasteiger charge is -2.06. The Morgan fingerprint density at radius 2 is 2.12 bits per heavy atom. The zero-order valence-corrected chi connectivity index (χ0v) is 9.74. The molecule has 0 radical (unpaired) electrons. The summed E-state index contributed by atoms with van der Waals surface area (Å²) in [5.41, 5.74) is 2.74. The van der Waals surface area contributed by atoms with E-state index in [1.165, 1.54) is 29.3 Å². The summed E-state index contributed by atoms with van der Waals surface area (Å²) in [5, 5.41) is 4.94. The summed E-state index contributed by atoms with van der Waals surface area (Å²) >= 11 is 0. The van der Waals surface area contributed by atoms with Crippen LogP contribution in [0.25, 0.3) is 10.9 Å². The molecule has 0 spiro atoms. The second kappa shape index (κ2) is 3.95. The average Bonchev–Trinajstić information content (AvgIpc) is 3.06. The Morgan fingerprint density at radius 1 is 1.31 bits per heavy atom. The second-order valence-corrected chi connectivity index (χ2v) is 4.75. The Morgan fingerprint density at radius 3 is 2.94 bits per heavy atom. The maximum atomic E-state index is 3.56. The van der Waals surface area contributed by atoms with Crippen LogP contribution in [0.5, 0.6) is 0 Å². The Bertz CT molecular complexity index is 494. The maximum absolute atomic E-state index is 3.56. The van der Waals surface area contributed by atoms with E-state index in [9.17, 15) is 0 Å². The first kappa shape index (κ1) is 9.91. The quantitative estimate of drug-likeness (QED) is 0.828. The average molecular weight is 214 g/mol. The third-order valence-electron chi connectivity index (χ3n) is 3.35. The topological polar surface area (TPSA) is 17.0 Å². The summed E-state index contributed by atoms with van der Waals surface area (Å²) < 4.78 is 2.36. The number of fused-ring (bicyclic) bond motifs is 1. The molecular weight excluding hydrogens is 196 g/mol. The van der Waals surface area contributed by atoms with E-state index in [4.69, 9.17) is 0 Å². The van der Waals surface area contributed by atoms with Crippen LogP contribution in [-0.2, 0) is 6.54 Å². The van der Waals surface area contributed by atoms with E-state index < -0.39 is 0 Å². The van der Waals surface area contributed by atoms with Crippen LogP contribution in [0, 0.1) is 6.92 Å². The minimum absolute atomic E-state index is 0.808. The molecule has 0 aliphatic heterocycles. The lowest BCUT2D eigenvalue weighted by molar-refractivity contribution is 0.606. The van der Waals surface area contributed by atoms with Crippen LogP contribution in [0.2, 0.25) is 0 Å². The molecule has 0 atom stereocenters. The van der Waals surface area contributed by atoms with Crippen molar-refractivity contribution in [2.45, 2.75) is 32.4 Å². The second-order valence-electron chi connectivity index (χ2n) is 4.75. The fourth-order valence-electron chi connectivity index (χ4n) is 2.29. The number of nitrogens with zero attached hydrogens (tertiary/aromatic N) is 1. The third kappa shape index (κ3) is 1.85. The van der Waals surface area contributed by atoms with Crippen LogP contribution >= 0.6 is 0 Å². The molecule has 0 amide bonds. The first-order valence-corrected chi connectivity index (χ1v) is 6.12. The molecule has 0 bridgehead atoms. The van der Waals surface area contributed by atoms with Crippen LogP contribution in [0.3, 0.4) is 0 Å². The molecule has 2 aromatic rings. The van der Waals surface area contributed by atoms with Crippen LogP contribution in [0.1, 0.15) is 18.4 Å². The molecule has 1 fully saturated rings. The molecule has 1 heterocycles. The molecule has 1 aliphatic rings. The summed E-state index contributed by atoms with van der Waals surface area (Å²) in [4.78, 5) is 0. The van der Waals surface area contributed by atoms with E-state index in [0.717, 1.165) is 19.1 Å². The highest BCUT2D eigenvalue weighted by molar-refractivity contribution is 5.83. The Kier molecular flexibility index (Phi) is 2.44. The van der Waals surface area contributed by atoms with Crippen LogP contribution in [0.15, 0.2) is 30.5 Å². The van der Waals surface area contributed by atoms with Gasteiger partial charge in [0.2, 0.25) is 0 Å². The molecule has 1 aliphatic carbocycles. The van der Waals surface area contributed by atoms with Gasteiger partial charge in [-0.2, -0.15) is 0 Å². The fraction of sp³-hybridized carbons (Fsp3) is 0.429. The van der Waals surface area contributed by atoms with E-state index in [1.54, 1.807) is 0 Å². The zero-order valence-electron chi connectivity index (χ0n) is 9.74. The molecule has 1 aromatic heterocycles. The number of hydrogen-bond acceptors (Lipinski definition) is 1. The monoisotopic (exact) mass is 214 g/mol. The van der Waals surface area contributed by atoms with E-state index >= 15 is 0 Å². The SMILES string of the molecule is Cc1cn(CCNC2CC2)c2ccccc12. The van der Waals surface area contributed by atoms with Gasteiger partial charge >= 0.3 is 0 Å². The first-order valence-electron chi connectivity index (χ1n) is 6.12. The smallest absolute Gasteiger partial charge is 0.0483 e. The largest absolute Gasteiger partial charge is 0.346 e. The van der Waals surface area contributed by atoms with Gasteiger partial charge in [0.05, 0.1) is 0 Å². The molecule has 16 heavy (non-hydrogen) atoms. The highest BCUT2D eigenvalue weighted by Crippen LogP contribution is 2.21. The van der Waals surface area contributed by atoms with Crippen molar-refractivity contribution in [3.05, 3.63) is 36.0 Å². The number of hydrogen-bond donors (Lipinski definition) is 1. The highest BCUT2D eigenvalue weighted by atomic mass is 15.0. The minimum Gasteiger partial charge on any atom is -0.346 e. The van der Waals surface area contributed by atoms with Crippen molar-refractivity contribution in [1.29, 1.82) is 0 Å². The van der Waals surface area contributed by atoms with Crippen molar-refractivity contribution in [3.63, 3.8) is 0 Å².